The molecular weight excluding hydrogens is 72.0 g/mol. The van der Waals surface area contributed by atoms with Crippen molar-refractivity contribution in [3.8, 4) is 0 Å². The van der Waals surface area contributed by atoms with Gasteiger partial charge >= 0.3 is 6.41 Å². The van der Waals surface area contributed by atoms with Crippen LogP contribution in [0.3, 0.4) is 0 Å². The fraction of sp³-hybridized carbons (Fsp3) is 0. The third kappa shape index (κ3) is 3.07. The molecule has 0 aliphatic rings. The first-order valence-electron chi connectivity index (χ1n) is 0.900. The second kappa shape index (κ2) is 1.40. The minimum absolute atomic E-state index is 0.139. The number of carbonyl (C=O) groups is 1. The Bertz CT molecular complexity index is 58.7. The number of carbonyl (C=O) groups excluding carboxylic acids is 1. The summed E-state index contributed by atoms with van der Waals surface area (Å²) in [6.45, 7) is 0. The molecule has 0 heterocycles. The molecule has 0 bridgehead atoms. The maximum atomic E-state index is 9.03. The highest BCUT2D eigenvalue weighted by Crippen LogP contribution is 1.45. The zero-order chi connectivity index (χ0) is 4.28. The molecule has 0 aromatic carbocycles. The maximum Gasteiger partial charge on any atom is 0.411 e. The van der Waals surface area contributed by atoms with E-state index in [1.807, 2.05) is 0 Å². The molecule has 0 spiro atoms. The molecule has 0 unspecified atom stereocenters. The molecule has 0 atom stereocenters. The molecule has 0 aliphatic carbocycles. The summed E-state index contributed by atoms with van der Waals surface area (Å²) in [4.78, 5) is 8.38. The molecule has 0 radical (unpaired) electrons. The summed E-state index contributed by atoms with van der Waals surface area (Å²) in [6, 6.07) is 0. The third-order valence-corrected chi connectivity index (χ3v) is 0.0957. The van der Waals surface area contributed by atoms with Crippen molar-refractivity contribution in [3.63, 3.8) is 0 Å². The number of hydroxylamine groups is 1. The predicted molar refractivity (Wildman–Crippen MR) is 12.4 cm³/mol. The van der Waals surface area contributed by atoms with Crippen molar-refractivity contribution in [3.05, 3.63) is 5.21 Å². The summed E-state index contributed by atoms with van der Waals surface area (Å²) in [7, 11) is 0. The normalized spacial score (nSPS) is 6.40. The average Bonchev–Trinajstić information content (AvgIpc) is 1.38. The number of hydrogen-bond acceptors (Lipinski definition) is 3. The van der Waals surface area contributed by atoms with Gasteiger partial charge in [-0.2, -0.15) is 0 Å². The van der Waals surface area contributed by atoms with E-state index in [1.165, 1.54) is 0 Å². The summed E-state index contributed by atoms with van der Waals surface area (Å²) in [5.41, 5.74) is 5.74. The SMILES string of the molecule is N=[N+]([O-])C=O. The highest BCUT2D eigenvalue weighted by Gasteiger charge is 1.69. The van der Waals surface area contributed by atoms with Gasteiger partial charge in [0.2, 0.25) is 0 Å². The van der Waals surface area contributed by atoms with E-state index in [1.54, 1.807) is 0 Å². The Balaban J connectivity index is 3.20. The molecule has 4 heteroatoms. The van der Waals surface area contributed by atoms with Crippen molar-refractivity contribution in [1.82, 2.24) is 0 Å². The number of nitrogens with one attached hydrogen (secondary N) is 1. The zero-order valence-electron chi connectivity index (χ0n) is 2.34. The second-order valence-corrected chi connectivity index (χ2v) is 0.431. The molecule has 0 aromatic rings. The Hall–Kier alpha value is -0.930. The van der Waals surface area contributed by atoms with Crippen LogP contribution in [-0.4, -0.2) is 11.3 Å². The third-order valence-electron chi connectivity index (χ3n) is 0.0957. The lowest BCUT2D eigenvalue weighted by molar-refractivity contribution is -0.456. The lowest BCUT2D eigenvalue weighted by Gasteiger charge is -1.74. The minimum Gasteiger partial charge on any atom is -0.592 e. The van der Waals surface area contributed by atoms with Gasteiger partial charge in [0, 0.05) is 0 Å². The van der Waals surface area contributed by atoms with Gasteiger partial charge in [0.1, 0.15) is 0 Å². The highest BCUT2D eigenvalue weighted by molar-refractivity contribution is 5.33. The molecule has 4 nitrogen and oxygen atoms in total. The van der Waals surface area contributed by atoms with Crippen LogP contribution < -0.4 is 0 Å². The molecule has 1 N–H and O–H groups in total. The van der Waals surface area contributed by atoms with Gasteiger partial charge in [0.15, 0.2) is 0 Å². The van der Waals surface area contributed by atoms with Crippen LogP contribution in [0.4, 0.5) is 0 Å². The average molecular weight is 74.0 g/mol. The van der Waals surface area contributed by atoms with Gasteiger partial charge in [0.25, 0.3) is 0 Å². The van der Waals surface area contributed by atoms with Crippen molar-refractivity contribution >= 4 is 6.41 Å². The Morgan fingerprint density at radius 1 is 2.00 bits per heavy atom. The first kappa shape index (κ1) is 4.07. The van der Waals surface area contributed by atoms with E-state index >= 15 is 0 Å². The minimum atomic E-state index is -0.556. The van der Waals surface area contributed by atoms with Crippen molar-refractivity contribution in [2.75, 3.05) is 0 Å². The second-order valence-electron chi connectivity index (χ2n) is 0.431. The van der Waals surface area contributed by atoms with Gasteiger partial charge in [-0.3, -0.25) is 0 Å². The fourth-order valence-corrected chi connectivity index (χ4v) is 0. The van der Waals surface area contributed by atoms with Crippen LogP contribution in [0.1, 0.15) is 0 Å². The van der Waals surface area contributed by atoms with Crippen molar-refractivity contribution in [2.45, 2.75) is 0 Å². The Kier molecular flexibility index (Phi) is 1.14. The van der Waals surface area contributed by atoms with Crippen molar-refractivity contribution < 1.29 is 9.66 Å². The monoisotopic (exact) mass is 74.0 g/mol. The smallest absolute Gasteiger partial charge is 0.411 e. The van der Waals surface area contributed by atoms with Crippen LogP contribution in [0, 0.1) is 10.7 Å². The molecule has 0 rings (SSSR count). The van der Waals surface area contributed by atoms with E-state index in [9.17, 15) is 0 Å². The summed E-state index contributed by atoms with van der Waals surface area (Å²) in [6.07, 6.45) is -0.139. The molecule has 0 fully saturated rings. The predicted octanol–water partition coefficient (Wildman–Crippen LogP) is -0.316. The van der Waals surface area contributed by atoms with Crippen LogP contribution in [-0.2, 0) is 4.79 Å². The van der Waals surface area contributed by atoms with Crippen LogP contribution in [0.25, 0.3) is 0 Å². The first-order chi connectivity index (χ1) is 2.27. The van der Waals surface area contributed by atoms with Gasteiger partial charge < -0.3 is 5.21 Å². The number of amides is 1. The molecule has 28 valence electrons. The van der Waals surface area contributed by atoms with Crippen LogP contribution in [0.5, 0.6) is 0 Å². The van der Waals surface area contributed by atoms with Gasteiger partial charge in [-0.25, -0.2) is 4.79 Å². The van der Waals surface area contributed by atoms with E-state index in [-0.39, 0.29) is 6.41 Å². The fourth-order valence-electron chi connectivity index (χ4n) is 0. The van der Waals surface area contributed by atoms with Crippen LogP contribution in [0.15, 0.2) is 0 Å². The summed E-state index contributed by atoms with van der Waals surface area (Å²) in [5.74, 6) is 0. The van der Waals surface area contributed by atoms with Crippen LogP contribution >= 0.6 is 0 Å². The van der Waals surface area contributed by atoms with E-state index in [4.69, 9.17) is 15.5 Å². The zero-order valence-corrected chi connectivity index (χ0v) is 2.34. The number of rotatable bonds is 1. The van der Waals surface area contributed by atoms with Gasteiger partial charge in [-0.1, -0.05) is 0 Å². The Labute approximate surface area is 28.1 Å². The summed E-state index contributed by atoms with van der Waals surface area (Å²) >= 11 is 0. The van der Waals surface area contributed by atoms with Crippen molar-refractivity contribution in [2.24, 2.45) is 0 Å². The van der Waals surface area contributed by atoms with E-state index < -0.39 is 4.86 Å². The number of nitrogens with zero attached hydrogens (tertiary/aromatic N) is 1. The Morgan fingerprint density at radius 2 is 2.20 bits per heavy atom. The number of hydrogen-bond donors (Lipinski definition) is 1. The maximum absolute atomic E-state index is 9.03. The molecule has 0 saturated carbocycles. The topological polar surface area (TPSA) is 67.0 Å². The van der Waals surface area contributed by atoms with Gasteiger partial charge in [0.05, 0.1) is 0 Å². The first-order valence-corrected chi connectivity index (χ1v) is 0.900. The molecule has 5 heavy (non-hydrogen) atoms. The van der Waals surface area contributed by atoms with E-state index in [0.29, 0.717) is 0 Å². The van der Waals surface area contributed by atoms with Gasteiger partial charge in [-0.15, -0.1) is 0 Å². The van der Waals surface area contributed by atoms with E-state index in [2.05, 4.69) is 0 Å². The summed E-state index contributed by atoms with van der Waals surface area (Å²) in [5, 5.41) is 9.03. The standard InChI is InChI=1S/CH2N2O2/c2-3(5)1-4/h1-2H. The quantitative estimate of drug-likeness (QED) is 0.200. The molecule has 1 amide bonds. The van der Waals surface area contributed by atoms with Gasteiger partial charge in [-0.05, 0) is 10.4 Å². The molecule has 0 aliphatic heterocycles. The Morgan fingerprint density at radius 3 is 2.20 bits per heavy atom. The highest BCUT2D eigenvalue weighted by atomic mass is 16.5. The van der Waals surface area contributed by atoms with Crippen LogP contribution in [0.2, 0.25) is 0 Å². The molecular formula is CH2N2O2. The summed E-state index contributed by atoms with van der Waals surface area (Å²) < 4.78 is 0. The lowest BCUT2D eigenvalue weighted by atomic mass is 11.4. The van der Waals surface area contributed by atoms with E-state index in [0.717, 1.165) is 0 Å². The molecule has 0 aromatic heterocycles. The van der Waals surface area contributed by atoms with Crippen molar-refractivity contribution in [1.29, 1.82) is 5.53 Å². The lowest BCUT2D eigenvalue weighted by Crippen LogP contribution is -1.88. The molecule has 0 saturated heterocycles. The largest absolute Gasteiger partial charge is 0.592 e.